The minimum absolute atomic E-state index is 0.219. The van der Waals surface area contributed by atoms with Crippen LogP contribution in [0.3, 0.4) is 0 Å². The van der Waals surface area contributed by atoms with Crippen LogP contribution in [0.15, 0.2) is 66.0 Å². The highest BCUT2D eigenvalue weighted by Gasteiger charge is 2.04. The fourth-order valence-electron chi connectivity index (χ4n) is 2.95. The van der Waals surface area contributed by atoms with Crippen LogP contribution in [0.25, 0.3) is 10.9 Å². The second-order valence-corrected chi connectivity index (χ2v) is 6.22. The summed E-state index contributed by atoms with van der Waals surface area (Å²) in [4.78, 5) is 4.12. The van der Waals surface area contributed by atoms with Crippen LogP contribution in [0.5, 0.6) is 0 Å². The average Bonchev–Trinajstić information content (AvgIpc) is 3.17. The number of anilines is 1. The number of aromatic nitrogens is 3. The summed E-state index contributed by atoms with van der Waals surface area (Å²) in [7, 11) is 0. The van der Waals surface area contributed by atoms with Crippen molar-refractivity contribution in [3.63, 3.8) is 0 Å². The highest BCUT2D eigenvalue weighted by atomic mass is 19.1. The van der Waals surface area contributed by atoms with Crippen molar-refractivity contribution in [1.29, 1.82) is 0 Å². The molecule has 0 saturated carbocycles. The summed E-state index contributed by atoms with van der Waals surface area (Å²) in [5.41, 5.74) is 9.77. The molecule has 0 unspecified atom stereocenters. The summed E-state index contributed by atoms with van der Waals surface area (Å²) < 4.78 is 16.7. The summed E-state index contributed by atoms with van der Waals surface area (Å²) in [6.07, 6.45) is 5.57. The Hall–Kier alpha value is -3.41. The van der Waals surface area contributed by atoms with Gasteiger partial charge < -0.3 is 10.3 Å². The maximum atomic E-state index is 13.1. The Labute approximate surface area is 150 Å². The van der Waals surface area contributed by atoms with Crippen molar-refractivity contribution in [3.05, 3.63) is 83.6 Å². The zero-order valence-electron chi connectivity index (χ0n) is 14.3. The molecule has 4 aromatic rings. The summed E-state index contributed by atoms with van der Waals surface area (Å²) in [5.74, 6) is 0.147. The summed E-state index contributed by atoms with van der Waals surface area (Å²) in [6, 6.07) is 14.8. The van der Waals surface area contributed by atoms with Crippen LogP contribution >= 0.6 is 0 Å². The molecule has 4 rings (SSSR count). The Morgan fingerprint density at radius 1 is 1.15 bits per heavy atom. The number of nitrogens with two attached hydrogens (primary N) is 1. The van der Waals surface area contributed by atoms with E-state index in [-0.39, 0.29) is 5.82 Å². The Bertz CT molecular complexity index is 1090. The summed E-state index contributed by atoms with van der Waals surface area (Å²) >= 11 is 0. The van der Waals surface area contributed by atoms with Crippen molar-refractivity contribution in [2.24, 2.45) is 5.10 Å². The van der Waals surface area contributed by atoms with Crippen molar-refractivity contribution in [1.82, 2.24) is 14.2 Å². The number of nitrogens with zero attached hydrogens (tertiary/aromatic N) is 4. The van der Waals surface area contributed by atoms with Crippen LogP contribution in [0, 0.1) is 12.7 Å². The number of aryl methyl sites for hydroxylation is 1. The zero-order chi connectivity index (χ0) is 18.1. The average molecular weight is 347 g/mol. The molecule has 0 saturated heterocycles. The molecular weight excluding hydrogens is 329 g/mol. The van der Waals surface area contributed by atoms with Crippen LogP contribution in [0.4, 0.5) is 10.3 Å². The van der Waals surface area contributed by atoms with E-state index < -0.39 is 0 Å². The fourth-order valence-corrected chi connectivity index (χ4v) is 2.95. The Morgan fingerprint density at radius 3 is 2.69 bits per heavy atom. The lowest BCUT2D eigenvalue weighted by atomic mass is 10.1. The van der Waals surface area contributed by atoms with Crippen molar-refractivity contribution >= 4 is 23.1 Å². The van der Waals surface area contributed by atoms with Gasteiger partial charge in [0.25, 0.3) is 0 Å². The van der Waals surface area contributed by atoms with E-state index in [0.717, 1.165) is 27.7 Å². The number of fused-ring (bicyclic) bond motifs is 1. The minimum atomic E-state index is -0.219. The molecule has 5 nitrogen and oxygen atoms in total. The van der Waals surface area contributed by atoms with Crippen LogP contribution < -0.4 is 5.73 Å². The second-order valence-electron chi connectivity index (χ2n) is 6.22. The molecule has 0 bridgehead atoms. The SMILES string of the molecule is Cc1cn(N=Cc2ccc3c(ccn3Cc3ccc(F)cc3)c2)c(N)n1. The van der Waals surface area contributed by atoms with Gasteiger partial charge in [-0.15, -0.1) is 0 Å². The predicted octanol–water partition coefficient (Wildman–Crippen LogP) is 3.80. The quantitative estimate of drug-likeness (QED) is 0.571. The molecule has 2 N–H and O–H groups in total. The minimum Gasteiger partial charge on any atom is -0.368 e. The molecule has 2 aromatic carbocycles. The lowest BCUT2D eigenvalue weighted by Crippen LogP contribution is -1.98. The van der Waals surface area contributed by atoms with Gasteiger partial charge in [0.05, 0.1) is 18.1 Å². The highest BCUT2D eigenvalue weighted by molar-refractivity contribution is 5.89. The van der Waals surface area contributed by atoms with E-state index in [1.807, 2.05) is 19.2 Å². The molecule has 2 aromatic heterocycles. The first kappa shape index (κ1) is 16.1. The summed E-state index contributed by atoms with van der Waals surface area (Å²) in [5, 5.41) is 5.46. The highest BCUT2D eigenvalue weighted by Crippen LogP contribution is 2.19. The number of benzene rings is 2. The molecule has 0 spiro atoms. The first-order chi connectivity index (χ1) is 12.6. The number of halogens is 1. The van der Waals surface area contributed by atoms with Gasteiger partial charge in [-0.25, -0.2) is 14.1 Å². The third-order valence-electron chi connectivity index (χ3n) is 4.23. The molecule has 130 valence electrons. The molecule has 6 heteroatoms. The van der Waals surface area contributed by atoms with Gasteiger partial charge in [0.2, 0.25) is 5.95 Å². The van der Waals surface area contributed by atoms with E-state index in [9.17, 15) is 4.39 Å². The van der Waals surface area contributed by atoms with Crippen molar-refractivity contribution in [2.75, 3.05) is 5.73 Å². The van der Waals surface area contributed by atoms with Gasteiger partial charge >= 0.3 is 0 Å². The normalized spacial score (nSPS) is 11.6. The van der Waals surface area contributed by atoms with E-state index in [1.165, 1.54) is 12.1 Å². The predicted molar refractivity (Wildman–Crippen MR) is 102 cm³/mol. The van der Waals surface area contributed by atoms with Gasteiger partial charge in [0, 0.05) is 23.6 Å². The van der Waals surface area contributed by atoms with Gasteiger partial charge in [0.1, 0.15) is 5.82 Å². The second kappa shape index (κ2) is 6.48. The Kier molecular flexibility index (Phi) is 4.01. The fraction of sp³-hybridized carbons (Fsp3) is 0.100. The largest absolute Gasteiger partial charge is 0.368 e. The topological polar surface area (TPSA) is 61.1 Å². The van der Waals surface area contributed by atoms with Crippen LogP contribution in [-0.4, -0.2) is 20.4 Å². The van der Waals surface area contributed by atoms with Crippen LogP contribution in [-0.2, 0) is 6.54 Å². The number of hydrogen-bond acceptors (Lipinski definition) is 3. The maximum absolute atomic E-state index is 13.1. The van der Waals surface area contributed by atoms with E-state index in [2.05, 4.69) is 32.9 Å². The third-order valence-corrected chi connectivity index (χ3v) is 4.23. The number of imidazole rings is 1. The lowest BCUT2D eigenvalue weighted by Gasteiger charge is -2.06. The van der Waals surface area contributed by atoms with E-state index >= 15 is 0 Å². The van der Waals surface area contributed by atoms with Crippen molar-refractivity contribution < 1.29 is 4.39 Å². The maximum Gasteiger partial charge on any atom is 0.221 e. The van der Waals surface area contributed by atoms with Crippen molar-refractivity contribution in [2.45, 2.75) is 13.5 Å². The zero-order valence-corrected chi connectivity index (χ0v) is 14.3. The molecule has 2 heterocycles. The lowest BCUT2D eigenvalue weighted by molar-refractivity contribution is 0.626. The third kappa shape index (κ3) is 3.21. The number of nitrogen functional groups attached to an aromatic ring is 1. The van der Waals surface area contributed by atoms with Gasteiger partial charge in [-0.2, -0.15) is 5.10 Å². The first-order valence-electron chi connectivity index (χ1n) is 8.28. The van der Waals surface area contributed by atoms with Gasteiger partial charge in [-0.3, -0.25) is 0 Å². The molecule has 0 aliphatic heterocycles. The first-order valence-corrected chi connectivity index (χ1v) is 8.28. The summed E-state index contributed by atoms with van der Waals surface area (Å²) in [6.45, 7) is 2.57. The van der Waals surface area contributed by atoms with Crippen molar-refractivity contribution in [3.8, 4) is 0 Å². The molecule has 0 aliphatic rings. The standard InChI is InChI=1S/C20H18FN5/c1-14-12-26(20(22)24-14)23-11-16-4-7-19-17(10-16)8-9-25(19)13-15-2-5-18(21)6-3-15/h2-12H,13H2,1H3,(H2,22,24). The number of hydrogen-bond donors (Lipinski definition) is 1. The van der Waals surface area contributed by atoms with Gasteiger partial charge in [-0.1, -0.05) is 18.2 Å². The molecule has 26 heavy (non-hydrogen) atoms. The molecule has 0 atom stereocenters. The molecule has 0 fully saturated rings. The van der Waals surface area contributed by atoms with Gasteiger partial charge in [0.15, 0.2) is 0 Å². The van der Waals surface area contributed by atoms with E-state index in [4.69, 9.17) is 5.73 Å². The Balaban J connectivity index is 1.58. The smallest absolute Gasteiger partial charge is 0.221 e. The van der Waals surface area contributed by atoms with Gasteiger partial charge in [-0.05, 0) is 48.4 Å². The van der Waals surface area contributed by atoms with Crippen LogP contribution in [0.2, 0.25) is 0 Å². The molecule has 0 amide bonds. The molecule has 0 radical (unpaired) electrons. The molecule has 0 aliphatic carbocycles. The monoisotopic (exact) mass is 347 g/mol. The molecular formula is C20H18FN5. The van der Waals surface area contributed by atoms with E-state index in [1.54, 1.807) is 29.2 Å². The van der Waals surface area contributed by atoms with Crippen LogP contribution in [0.1, 0.15) is 16.8 Å². The Morgan fingerprint density at radius 2 is 1.96 bits per heavy atom. The van der Waals surface area contributed by atoms with E-state index in [0.29, 0.717) is 12.5 Å². The number of rotatable bonds is 4.